The zero-order chi connectivity index (χ0) is 12.8. The average Bonchev–Trinajstić information content (AvgIpc) is 2.85. The lowest BCUT2D eigenvalue weighted by atomic mass is 9.99. The molecule has 2 nitrogen and oxygen atoms in total. The van der Waals surface area contributed by atoms with Crippen molar-refractivity contribution in [1.29, 1.82) is 0 Å². The van der Waals surface area contributed by atoms with Crippen molar-refractivity contribution in [2.24, 2.45) is 11.3 Å². The second-order valence-corrected chi connectivity index (χ2v) is 5.03. The van der Waals surface area contributed by atoms with E-state index in [1.165, 1.54) is 0 Å². The highest BCUT2D eigenvalue weighted by Gasteiger charge is 2.51. The lowest BCUT2D eigenvalue weighted by Crippen LogP contribution is -2.16. The van der Waals surface area contributed by atoms with Crippen LogP contribution in [0.1, 0.15) is 36.2 Å². The van der Waals surface area contributed by atoms with E-state index in [-0.39, 0.29) is 16.9 Å². The smallest absolute Gasteiger partial charge is 0.294 e. The molecule has 0 amide bonds. The number of carbonyl (C=O) groups excluding carboxylic acids is 1. The largest absolute Gasteiger partial charge is 0.417 e. The number of carbonyl (C=O) groups is 1. The highest BCUT2D eigenvalue weighted by atomic mass is 19.4. The van der Waals surface area contributed by atoms with Crippen molar-refractivity contribution in [1.82, 2.24) is 4.98 Å². The van der Waals surface area contributed by atoms with Gasteiger partial charge in [-0.2, -0.15) is 13.2 Å². The first kappa shape index (κ1) is 12.1. The molecule has 1 aliphatic rings. The summed E-state index contributed by atoms with van der Waals surface area (Å²) < 4.78 is 38.1. The van der Waals surface area contributed by atoms with E-state index >= 15 is 0 Å². The van der Waals surface area contributed by atoms with Crippen LogP contribution in [0.25, 0.3) is 0 Å². The zero-order valence-corrected chi connectivity index (χ0v) is 9.51. The van der Waals surface area contributed by atoms with Gasteiger partial charge in [0, 0.05) is 23.9 Å². The summed E-state index contributed by atoms with van der Waals surface area (Å²) in [7, 11) is 0. The lowest BCUT2D eigenvalue weighted by molar-refractivity contribution is -0.138. The highest BCUT2D eigenvalue weighted by molar-refractivity contribution is 6.01. The Balaban J connectivity index is 2.37. The maximum Gasteiger partial charge on any atom is 0.417 e. The zero-order valence-electron chi connectivity index (χ0n) is 9.51. The fourth-order valence-electron chi connectivity index (χ4n) is 1.94. The molecule has 2 rings (SSSR count). The summed E-state index contributed by atoms with van der Waals surface area (Å²) in [4.78, 5) is 15.6. The third kappa shape index (κ3) is 2.18. The summed E-state index contributed by atoms with van der Waals surface area (Å²) in [6.45, 7) is 3.75. The van der Waals surface area contributed by atoms with Crippen molar-refractivity contribution in [3.05, 3.63) is 29.6 Å². The third-order valence-electron chi connectivity index (χ3n) is 3.22. The average molecular weight is 243 g/mol. The van der Waals surface area contributed by atoms with Crippen molar-refractivity contribution < 1.29 is 18.0 Å². The molecule has 0 bridgehead atoms. The van der Waals surface area contributed by atoms with Crippen LogP contribution in [0.3, 0.4) is 0 Å². The fraction of sp³-hybridized carbons (Fsp3) is 0.500. The second kappa shape index (κ2) is 3.55. The Bertz CT molecular complexity index is 465. The topological polar surface area (TPSA) is 30.0 Å². The van der Waals surface area contributed by atoms with Gasteiger partial charge in [0.1, 0.15) is 0 Å². The molecule has 1 unspecified atom stereocenters. The number of hydrogen-bond donors (Lipinski definition) is 0. The second-order valence-electron chi connectivity index (χ2n) is 5.03. The quantitative estimate of drug-likeness (QED) is 0.746. The van der Waals surface area contributed by atoms with Crippen LogP contribution in [0, 0.1) is 11.3 Å². The van der Waals surface area contributed by atoms with E-state index in [1.807, 2.05) is 13.8 Å². The summed E-state index contributed by atoms with van der Waals surface area (Å²) in [6, 6.07) is 0.850. The molecule has 1 atom stereocenters. The molecule has 1 heterocycles. The van der Waals surface area contributed by atoms with Gasteiger partial charge in [0.2, 0.25) is 0 Å². The molecule has 0 aromatic carbocycles. The Kier molecular flexibility index (Phi) is 2.52. The van der Waals surface area contributed by atoms with E-state index in [2.05, 4.69) is 4.98 Å². The number of rotatable bonds is 2. The first-order chi connectivity index (χ1) is 7.73. The molecular weight excluding hydrogens is 231 g/mol. The van der Waals surface area contributed by atoms with Gasteiger partial charge in [-0.25, -0.2) is 0 Å². The van der Waals surface area contributed by atoms with Gasteiger partial charge in [0.15, 0.2) is 5.78 Å². The van der Waals surface area contributed by atoms with E-state index in [1.54, 1.807) is 0 Å². The van der Waals surface area contributed by atoms with Gasteiger partial charge in [-0.15, -0.1) is 0 Å². The number of Topliss-reactive ketones (excluding diaryl/α,β-unsaturated/α-hetero) is 1. The number of ketones is 1. The predicted octanol–water partition coefficient (Wildman–Crippen LogP) is 3.33. The molecule has 0 saturated heterocycles. The summed E-state index contributed by atoms with van der Waals surface area (Å²) >= 11 is 0. The maximum absolute atomic E-state index is 12.7. The van der Waals surface area contributed by atoms with Crippen LogP contribution in [-0.2, 0) is 6.18 Å². The van der Waals surface area contributed by atoms with Gasteiger partial charge >= 0.3 is 6.18 Å². The number of halogens is 3. The number of alkyl halides is 3. The van der Waals surface area contributed by atoms with Crippen LogP contribution in [-0.4, -0.2) is 10.8 Å². The Morgan fingerprint density at radius 1 is 1.47 bits per heavy atom. The van der Waals surface area contributed by atoms with E-state index in [4.69, 9.17) is 0 Å². The van der Waals surface area contributed by atoms with Crippen LogP contribution in [0.2, 0.25) is 0 Å². The molecule has 92 valence electrons. The molecule has 1 aliphatic carbocycles. The van der Waals surface area contributed by atoms with E-state index in [9.17, 15) is 18.0 Å². The molecule has 17 heavy (non-hydrogen) atoms. The van der Waals surface area contributed by atoms with E-state index in [0.29, 0.717) is 6.42 Å². The number of aromatic nitrogens is 1. The first-order valence-electron chi connectivity index (χ1n) is 5.29. The number of hydrogen-bond acceptors (Lipinski definition) is 2. The predicted molar refractivity (Wildman–Crippen MR) is 55.5 cm³/mol. The molecule has 0 radical (unpaired) electrons. The standard InChI is InChI=1S/C12H12F3NO/c1-11(2)5-9(11)10(17)7-6-16-4-3-8(7)12(13,14)15/h3-4,6,9H,5H2,1-2H3. The van der Waals surface area contributed by atoms with E-state index < -0.39 is 17.5 Å². The normalized spacial score (nSPS) is 22.3. The lowest BCUT2D eigenvalue weighted by Gasteiger charge is -2.11. The van der Waals surface area contributed by atoms with Gasteiger partial charge < -0.3 is 0 Å². The minimum Gasteiger partial charge on any atom is -0.294 e. The SMILES string of the molecule is CC1(C)CC1C(=O)c1cnccc1C(F)(F)F. The van der Waals surface area contributed by atoms with Gasteiger partial charge in [-0.1, -0.05) is 13.8 Å². The molecule has 0 N–H and O–H groups in total. The van der Waals surface area contributed by atoms with Crippen LogP contribution < -0.4 is 0 Å². The molecule has 0 aliphatic heterocycles. The molecule has 5 heteroatoms. The Morgan fingerprint density at radius 2 is 2.06 bits per heavy atom. The summed E-state index contributed by atoms with van der Waals surface area (Å²) in [6.07, 6.45) is -1.80. The minimum absolute atomic E-state index is 0.185. The molecule has 1 saturated carbocycles. The molecule has 1 aromatic heterocycles. The number of pyridine rings is 1. The maximum atomic E-state index is 12.7. The van der Waals surface area contributed by atoms with Crippen molar-refractivity contribution in [3.8, 4) is 0 Å². The van der Waals surface area contributed by atoms with Gasteiger partial charge in [0.25, 0.3) is 0 Å². The fourth-order valence-corrected chi connectivity index (χ4v) is 1.94. The van der Waals surface area contributed by atoms with Crippen LogP contribution in [0.5, 0.6) is 0 Å². The summed E-state index contributed by atoms with van der Waals surface area (Å²) in [5, 5.41) is 0. The Labute approximate surface area is 96.9 Å². The van der Waals surface area contributed by atoms with Crippen LogP contribution in [0.4, 0.5) is 13.2 Å². The van der Waals surface area contributed by atoms with Crippen LogP contribution in [0.15, 0.2) is 18.5 Å². The molecule has 1 aromatic rings. The van der Waals surface area contributed by atoms with Gasteiger partial charge in [-0.05, 0) is 17.9 Å². The van der Waals surface area contributed by atoms with Crippen molar-refractivity contribution in [3.63, 3.8) is 0 Å². The molecule has 0 spiro atoms. The Morgan fingerprint density at radius 3 is 2.53 bits per heavy atom. The first-order valence-corrected chi connectivity index (χ1v) is 5.29. The highest BCUT2D eigenvalue weighted by Crippen LogP contribution is 2.53. The van der Waals surface area contributed by atoms with Crippen LogP contribution >= 0.6 is 0 Å². The van der Waals surface area contributed by atoms with Gasteiger partial charge in [-0.3, -0.25) is 9.78 Å². The monoisotopic (exact) mass is 243 g/mol. The van der Waals surface area contributed by atoms with Crippen molar-refractivity contribution in [2.75, 3.05) is 0 Å². The summed E-state index contributed by atoms with van der Waals surface area (Å²) in [5.74, 6) is -0.761. The van der Waals surface area contributed by atoms with Crippen molar-refractivity contribution >= 4 is 5.78 Å². The van der Waals surface area contributed by atoms with Gasteiger partial charge in [0.05, 0.1) is 5.56 Å². The van der Waals surface area contributed by atoms with Crippen molar-refractivity contribution in [2.45, 2.75) is 26.4 Å². The molecular formula is C12H12F3NO. The third-order valence-corrected chi connectivity index (χ3v) is 3.22. The number of nitrogens with zero attached hydrogens (tertiary/aromatic N) is 1. The Hall–Kier alpha value is -1.39. The molecule has 1 fully saturated rings. The van der Waals surface area contributed by atoms with E-state index in [0.717, 1.165) is 18.5 Å². The summed E-state index contributed by atoms with van der Waals surface area (Å²) in [5.41, 5.74) is -1.38. The minimum atomic E-state index is -4.51.